The van der Waals surface area contributed by atoms with E-state index in [2.05, 4.69) is 40.4 Å². The minimum absolute atomic E-state index is 0.204. The van der Waals surface area contributed by atoms with Gasteiger partial charge in [0.15, 0.2) is 11.5 Å². The fraction of sp³-hybridized carbons (Fsp3) is 0. The lowest BCUT2D eigenvalue weighted by Crippen LogP contribution is -2.11. The van der Waals surface area contributed by atoms with Crippen molar-refractivity contribution < 1.29 is 4.79 Å². The van der Waals surface area contributed by atoms with E-state index in [9.17, 15) is 4.79 Å². The number of hydrogen-bond acceptors (Lipinski definition) is 7. The summed E-state index contributed by atoms with van der Waals surface area (Å²) in [6.07, 6.45) is 8.54. The molecule has 0 aliphatic heterocycles. The van der Waals surface area contributed by atoms with Gasteiger partial charge in [-0.05, 0) is 42.5 Å². The third-order valence-corrected chi connectivity index (χ3v) is 6.31. The quantitative estimate of drug-likeness (QED) is 0.287. The van der Waals surface area contributed by atoms with Gasteiger partial charge in [-0.3, -0.25) is 24.8 Å². The van der Waals surface area contributed by atoms with E-state index in [4.69, 9.17) is 4.98 Å². The molecule has 0 radical (unpaired) electrons. The average molecular weight is 510 g/mol. The van der Waals surface area contributed by atoms with Gasteiger partial charge in [0.25, 0.3) is 5.91 Å². The number of H-pyrrole nitrogens is 2. The first kappa shape index (κ1) is 22.4. The van der Waals surface area contributed by atoms with Crippen LogP contribution in [-0.4, -0.2) is 46.0 Å². The van der Waals surface area contributed by atoms with Crippen molar-refractivity contribution in [3.8, 4) is 34.0 Å². The Hall–Kier alpha value is -5.77. The van der Waals surface area contributed by atoms with Gasteiger partial charge in [0.05, 0.1) is 28.5 Å². The fourth-order valence-electron chi connectivity index (χ4n) is 4.44. The van der Waals surface area contributed by atoms with E-state index in [0.29, 0.717) is 39.6 Å². The largest absolute Gasteiger partial charge is 0.336 e. The van der Waals surface area contributed by atoms with Gasteiger partial charge in [0, 0.05) is 41.5 Å². The second kappa shape index (κ2) is 9.27. The summed E-state index contributed by atoms with van der Waals surface area (Å²) in [5, 5.41) is 11.2. The van der Waals surface area contributed by atoms with Gasteiger partial charge in [-0.15, -0.1) is 0 Å². The second-order valence-corrected chi connectivity index (χ2v) is 8.83. The van der Waals surface area contributed by atoms with Gasteiger partial charge in [0.2, 0.25) is 0 Å². The maximum atomic E-state index is 12.6. The summed E-state index contributed by atoms with van der Waals surface area (Å²) in [5.41, 5.74) is 6.99. The normalized spacial score (nSPS) is 11.2. The number of imidazole rings is 1. The molecule has 3 N–H and O–H groups in total. The highest BCUT2D eigenvalue weighted by molar-refractivity contribution is 6.04. The zero-order valence-electron chi connectivity index (χ0n) is 20.3. The third-order valence-electron chi connectivity index (χ3n) is 6.31. The molecule has 7 rings (SSSR count). The van der Waals surface area contributed by atoms with Crippen molar-refractivity contribution >= 4 is 33.7 Å². The van der Waals surface area contributed by atoms with Gasteiger partial charge in [-0.25, -0.2) is 9.97 Å². The number of fused-ring (bicyclic) bond motifs is 2. The number of hydrogen-bond donors (Lipinski definition) is 3. The molecule has 0 saturated carbocycles. The molecular weight excluding hydrogens is 490 g/mol. The number of nitrogens with one attached hydrogen (secondary N) is 3. The highest BCUT2D eigenvalue weighted by Crippen LogP contribution is 2.31. The molecule has 0 unspecified atom stereocenters. The van der Waals surface area contributed by atoms with Crippen LogP contribution in [0.3, 0.4) is 0 Å². The van der Waals surface area contributed by atoms with Crippen molar-refractivity contribution in [3.05, 3.63) is 103 Å². The first-order valence-corrected chi connectivity index (χ1v) is 12.2. The van der Waals surface area contributed by atoms with Crippen LogP contribution in [0, 0.1) is 0 Å². The lowest BCUT2D eigenvalue weighted by molar-refractivity contribution is 0.102. The predicted molar refractivity (Wildman–Crippen MR) is 148 cm³/mol. The summed E-state index contributed by atoms with van der Waals surface area (Å²) in [4.78, 5) is 38.6. The van der Waals surface area contributed by atoms with Crippen LogP contribution in [0.5, 0.6) is 0 Å². The summed E-state index contributed by atoms with van der Waals surface area (Å²) < 4.78 is 0. The molecule has 6 heterocycles. The van der Waals surface area contributed by atoms with Crippen molar-refractivity contribution in [3.63, 3.8) is 0 Å². The molecule has 39 heavy (non-hydrogen) atoms. The van der Waals surface area contributed by atoms with Crippen LogP contribution < -0.4 is 5.32 Å². The molecule has 0 bridgehead atoms. The molecule has 0 aliphatic carbocycles. The number of carbonyl (C=O) groups is 1. The number of rotatable bonds is 5. The van der Waals surface area contributed by atoms with Crippen LogP contribution in [0.4, 0.5) is 5.69 Å². The fourth-order valence-corrected chi connectivity index (χ4v) is 4.44. The second-order valence-electron chi connectivity index (χ2n) is 8.83. The van der Waals surface area contributed by atoms with E-state index in [0.717, 1.165) is 27.7 Å². The molecule has 0 saturated heterocycles. The van der Waals surface area contributed by atoms with E-state index in [1.165, 1.54) is 0 Å². The SMILES string of the molecule is O=C(Nc1cncc(-c2cnc3[nH]nc(-c4nc5c(-c6ccccn6)nccc5[nH]4)c3c2)c1)c1ccccc1. The van der Waals surface area contributed by atoms with E-state index in [1.54, 1.807) is 43.1 Å². The smallest absolute Gasteiger partial charge is 0.255 e. The molecular formula is C29H19N9O. The van der Waals surface area contributed by atoms with Crippen LogP contribution in [0.1, 0.15) is 10.4 Å². The Bertz CT molecular complexity index is 1960. The van der Waals surface area contributed by atoms with Crippen LogP contribution in [0.25, 0.3) is 56.1 Å². The first-order valence-electron chi connectivity index (χ1n) is 12.2. The standard InChI is InChI=1S/C29H19N9O/c39-29(17-6-2-1-3-7-17)34-20-12-18(14-30-16-20)19-13-21-24(37-38-27(21)33-15-19)28-35-23-9-11-32-25(26(23)36-28)22-8-4-5-10-31-22/h1-16H,(H,34,39)(H,35,36)(H,33,37,38). The number of benzene rings is 1. The zero-order chi connectivity index (χ0) is 26.2. The average Bonchev–Trinajstić information content (AvgIpc) is 3.62. The summed E-state index contributed by atoms with van der Waals surface area (Å²) in [5.74, 6) is 0.382. The maximum Gasteiger partial charge on any atom is 0.255 e. The minimum Gasteiger partial charge on any atom is -0.336 e. The van der Waals surface area contributed by atoms with Gasteiger partial charge in [0.1, 0.15) is 16.9 Å². The highest BCUT2D eigenvalue weighted by atomic mass is 16.1. The molecule has 0 aliphatic rings. The molecule has 0 fully saturated rings. The third kappa shape index (κ3) is 4.15. The van der Waals surface area contributed by atoms with E-state index < -0.39 is 0 Å². The van der Waals surface area contributed by atoms with Gasteiger partial charge >= 0.3 is 0 Å². The number of anilines is 1. The van der Waals surface area contributed by atoms with Crippen molar-refractivity contribution in [1.29, 1.82) is 0 Å². The lowest BCUT2D eigenvalue weighted by atomic mass is 10.1. The molecule has 186 valence electrons. The Labute approximate surface area is 221 Å². The van der Waals surface area contributed by atoms with E-state index >= 15 is 0 Å². The van der Waals surface area contributed by atoms with Crippen molar-refractivity contribution in [2.75, 3.05) is 5.32 Å². The van der Waals surface area contributed by atoms with Crippen LogP contribution in [0.15, 0.2) is 97.7 Å². The molecule has 0 spiro atoms. The molecule has 0 atom stereocenters. The van der Waals surface area contributed by atoms with Crippen LogP contribution in [-0.2, 0) is 0 Å². The number of carbonyl (C=O) groups excluding carboxylic acids is 1. The number of aromatic nitrogens is 8. The topological polar surface area (TPSA) is 138 Å². The summed E-state index contributed by atoms with van der Waals surface area (Å²) in [6, 6.07) is 20.4. The molecule has 6 aromatic heterocycles. The number of aromatic amines is 2. The Morgan fingerprint density at radius 3 is 2.54 bits per heavy atom. The monoisotopic (exact) mass is 509 g/mol. The summed E-state index contributed by atoms with van der Waals surface area (Å²) >= 11 is 0. The Kier molecular flexibility index (Phi) is 5.33. The van der Waals surface area contributed by atoms with Gasteiger partial charge < -0.3 is 10.3 Å². The predicted octanol–water partition coefficient (Wildman–Crippen LogP) is 5.27. The number of pyridine rings is 4. The molecule has 10 heteroatoms. The number of nitrogens with zero attached hydrogens (tertiary/aromatic N) is 6. The van der Waals surface area contributed by atoms with Crippen molar-refractivity contribution in [2.24, 2.45) is 0 Å². The molecule has 1 aromatic carbocycles. The Morgan fingerprint density at radius 2 is 1.67 bits per heavy atom. The van der Waals surface area contributed by atoms with Crippen molar-refractivity contribution in [2.45, 2.75) is 0 Å². The Morgan fingerprint density at radius 1 is 0.795 bits per heavy atom. The Balaban J connectivity index is 1.25. The van der Waals surface area contributed by atoms with E-state index in [-0.39, 0.29) is 5.91 Å². The maximum absolute atomic E-state index is 12.6. The van der Waals surface area contributed by atoms with E-state index in [1.807, 2.05) is 54.6 Å². The summed E-state index contributed by atoms with van der Waals surface area (Å²) in [6.45, 7) is 0. The van der Waals surface area contributed by atoms with Crippen LogP contribution in [0.2, 0.25) is 0 Å². The van der Waals surface area contributed by atoms with Gasteiger partial charge in [-0.1, -0.05) is 24.3 Å². The summed E-state index contributed by atoms with van der Waals surface area (Å²) in [7, 11) is 0. The highest BCUT2D eigenvalue weighted by Gasteiger charge is 2.17. The van der Waals surface area contributed by atoms with Crippen LogP contribution >= 0.6 is 0 Å². The van der Waals surface area contributed by atoms with Gasteiger partial charge in [-0.2, -0.15) is 5.10 Å². The molecule has 1 amide bonds. The first-order chi connectivity index (χ1) is 19.2. The lowest BCUT2D eigenvalue weighted by Gasteiger charge is -2.07. The molecule has 7 aromatic rings. The minimum atomic E-state index is -0.204. The zero-order valence-corrected chi connectivity index (χ0v) is 20.3. The number of amides is 1. The molecule has 10 nitrogen and oxygen atoms in total. The van der Waals surface area contributed by atoms with Crippen molar-refractivity contribution in [1.82, 2.24) is 40.1 Å².